The molecule has 1 unspecified atom stereocenters. The van der Waals surface area contributed by atoms with Crippen LogP contribution in [0.25, 0.3) is 0 Å². The largest absolute Gasteiger partial charge is 0.494 e. The zero-order valence-electron chi connectivity index (χ0n) is 24.1. The molecule has 0 aliphatic rings. The van der Waals surface area contributed by atoms with Gasteiger partial charge < -0.3 is 9.84 Å². The number of halogens is 5. The molecule has 0 radical (unpaired) electrons. The lowest BCUT2D eigenvalue weighted by molar-refractivity contribution is -0.138. The standard InChI is InChI=1S/C35H34Cl2F3NO3/c36-32-18-5-4-16-29(32)30(26-12-2-1-3-13-26)24-41(23-27-14-8-17-31(34(27)37)35(38,39)40)20-9-21-44-28-15-6-10-25(22-28)11-7-19-33(42)43/h1-6,8,10,12-18,22,30H,7,9,11,19-21,23-24H2,(H,42,43). The van der Waals surface area contributed by atoms with Crippen molar-refractivity contribution in [2.24, 2.45) is 0 Å². The predicted molar refractivity (Wildman–Crippen MR) is 169 cm³/mol. The van der Waals surface area contributed by atoms with Crippen molar-refractivity contribution in [2.75, 3.05) is 19.7 Å². The second kappa shape index (κ2) is 16.0. The third-order valence-electron chi connectivity index (χ3n) is 7.34. The number of ether oxygens (including phenoxy) is 1. The first-order chi connectivity index (χ1) is 21.1. The summed E-state index contributed by atoms with van der Waals surface area (Å²) in [7, 11) is 0. The molecule has 0 fully saturated rings. The number of aliphatic carboxylic acids is 1. The van der Waals surface area contributed by atoms with Gasteiger partial charge >= 0.3 is 12.1 Å². The Balaban J connectivity index is 1.53. The van der Waals surface area contributed by atoms with E-state index < -0.39 is 17.7 Å². The van der Waals surface area contributed by atoms with Gasteiger partial charge in [-0.05, 0) is 65.8 Å². The van der Waals surface area contributed by atoms with Crippen molar-refractivity contribution < 1.29 is 27.8 Å². The fourth-order valence-corrected chi connectivity index (χ4v) is 5.75. The molecule has 1 atom stereocenters. The molecule has 0 aromatic heterocycles. The highest BCUT2D eigenvalue weighted by molar-refractivity contribution is 6.32. The highest BCUT2D eigenvalue weighted by Gasteiger charge is 2.34. The fraction of sp³-hybridized carbons (Fsp3) is 0.286. The van der Waals surface area contributed by atoms with E-state index in [1.54, 1.807) is 6.07 Å². The van der Waals surface area contributed by atoms with Gasteiger partial charge in [0.15, 0.2) is 0 Å². The molecule has 0 saturated heterocycles. The number of aryl methyl sites for hydroxylation is 1. The fourth-order valence-electron chi connectivity index (χ4n) is 5.19. The number of hydrogen-bond donors (Lipinski definition) is 1. The van der Waals surface area contributed by atoms with Crippen LogP contribution in [-0.4, -0.2) is 35.7 Å². The number of benzene rings is 4. The summed E-state index contributed by atoms with van der Waals surface area (Å²) in [6, 6.07) is 29.1. The average molecular weight is 645 g/mol. The van der Waals surface area contributed by atoms with E-state index >= 15 is 0 Å². The Bertz CT molecular complexity index is 1510. The van der Waals surface area contributed by atoms with Crippen LogP contribution in [0, 0.1) is 0 Å². The van der Waals surface area contributed by atoms with Gasteiger partial charge in [0, 0.05) is 37.0 Å². The van der Waals surface area contributed by atoms with Gasteiger partial charge in [-0.1, -0.05) is 96.0 Å². The van der Waals surface area contributed by atoms with Gasteiger partial charge in [0.2, 0.25) is 0 Å². The summed E-state index contributed by atoms with van der Waals surface area (Å²) in [5.74, 6) is -0.279. The van der Waals surface area contributed by atoms with Crippen LogP contribution < -0.4 is 4.74 Å². The van der Waals surface area contributed by atoms with Crippen LogP contribution in [0.15, 0.2) is 97.1 Å². The van der Waals surface area contributed by atoms with Crippen molar-refractivity contribution >= 4 is 29.2 Å². The summed E-state index contributed by atoms with van der Waals surface area (Å²) in [5, 5.41) is 9.22. The Morgan fingerprint density at radius 3 is 2.34 bits per heavy atom. The summed E-state index contributed by atoms with van der Waals surface area (Å²) < 4.78 is 47.0. The third-order valence-corrected chi connectivity index (χ3v) is 8.13. The second-order valence-corrected chi connectivity index (χ2v) is 11.4. The first-order valence-electron chi connectivity index (χ1n) is 14.4. The van der Waals surface area contributed by atoms with E-state index in [0.29, 0.717) is 55.3 Å². The van der Waals surface area contributed by atoms with E-state index in [-0.39, 0.29) is 23.9 Å². The van der Waals surface area contributed by atoms with Crippen LogP contribution in [-0.2, 0) is 23.9 Å². The third kappa shape index (κ3) is 9.74. The van der Waals surface area contributed by atoms with Gasteiger partial charge in [-0.25, -0.2) is 0 Å². The second-order valence-electron chi connectivity index (χ2n) is 10.6. The minimum absolute atomic E-state index is 0.106. The molecule has 0 amide bonds. The van der Waals surface area contributed by atoms with Gasteiger partial charge in [0.05, 0.1) is 17.2 Å². The van der Waals surface area contributed by atoms with E-state index in [0.717, 1.165) is 22.8 Å². The highest BCUT2D eigenvalue weighted by atomic mass is 35.5. The lowest BCUT2D eigenvalue weighted by Gasteiger charge is -2.29. The zero-order valence-corrected chi connectivity index (χ0v) is 25.6. The number of rotatable bonds is 15. The molecule has 9 heteroatoms. The molecule has 0 bridgehead atoms. The molecule has 0 aliphatic heterocycles. The number of alkyl halides is 3. The van der Waals surface area contributed by atoms with Gasteiger partial charge in [0.1, 0.15) is 5.75 Å². The van der Waals surface area contributed by atoms with Gasteiger partial charge in [0.25, 0.3) is 0 Å². The lowest BCUT2D eigenvalue weighted by atomic mass is 9.90. The molecular formula is C35H34Cl2F3NO3. The van der Waals surface area contributed by atoms with Gasteiger partial charge in [-0.2, -0.15) is 13.2 Å². The SMILES string of the molecule is O=C(O)CCCc1cccc(OCCCN(Cc2cccc(C(F)(F)F)c2Cl)CC(c2ccccc2)c2ccccc2Cl)c1. The number of carboxylic acids is 1. The molecule has 0 saturated carbocycles. The smallest absolute Gasteiger partial charge is 0.417 e. The number of hydrogen-bond acceptors (Lipinski definition) is 3. The first kappa shape index (κ1) is 33.4. The molecule has 44 heavy (non-hydrogen) atoms. The molecule has 4 aromatic carbocycles. The summed E-state index contributed by atoms with van der Waals surface area (Å²) in [6.45, 7) is 1.60. The maximum absolute atomic E-state index is 13.7. The predicted octanol–water partition coefficient (Wildman–Crippen LogP) is 9.52. The molecule has 4 nitrogen and oxygen atoms in total. The van der Waals surface area contributed by atoms with Crippen LogP contribution in [0.4, 0.5) is 13.2 Å². The van der Waals surface area contributed by atoms with E-state index in [4.69, 9.17) is 33.0 Å². The van der Waals surface area contributed by atoms with Crippen molar-refractivity contribution in [1.82, 2.24) is 4.90 Å². The molecule has 4 rings (SSSR count). The topological polar surface area (TPSA) is 49.8 Å². The quantitative estimate of drug-likeness (QED) is 0.131. The zero-order chi connectivity index (χ0) is 31.5. The number of carboxylic acid groups (broad SMARTS) is 1. The summed E-state index contributed by atoms with van der Waals surface area (Å²) >= 11 is 13.0. The van der Waals surface area contributed by atoms with E-state index in [9.17, 15) is 18.0 Å². The minimum Gasteiger partial charge on any atom is -0.494 e. The molecular weight excluding hydrogens is 610 g/mol. The maximum Gasteiger partial charge on any atom is 0.417 e. The van der Waals surface area contributed by atoms with E-state index in [1.807, 2.05) is 78.9 Å². The van der Waals surface area contributed by atoms with Gasteiger partial charge in [-0.3, -0.25) is 9.69 Å². The van der Waals surface area contributed by atoms with Crippen LogP contribution in [0.5, 0.6) is 5.75 Å². The van der Waals surface area contributed by atoms with E-state index in [1.165, 1.54) is 6.07 Å². The van der Waals surface area contributed by atoms with Crippen LogP contribution in [0.1, 0.15) is 53.0 Å². The summed E-state index contributed by atoms with van der Waals surface area (Å²) in [6.07, 6.45) is -2.67. The molecule has 232 valence electrons. The Kier molecular flexibility index (Phi) is 12.1. The minimum atomic E-state index is -4.56. The monoisotopic (exact) mass is 643 g/mol. The number of nitrogens with zero attached hydrogens (tertiary/aromatic N) is 1. The van der Waals surface area contributed by atoms with Crippen molar-refractivity contribution in [3.05, 3.63) is 135 Å². The summed E-state index contributed by atoms with van der Waals surface area (Å²) in [4.78, 5) is 12.9. The molecule has 0 aliphatic carbocycles. The molecule has 4 aromatic rings. The normalized spacial score (nSPS) is 12.3. The Morgan fingerprint density at radius 2 is 1.61 bits per heavy atom. The first-order valence-corrected chi connectivity index (χ1v) is 15.2. The Labute approximate surface area is 266 Å². The Morgan fingerprint density at radius 1 is 0.886 bits per heavy atom. The number of carbonyl (C=O) groups is 1. The van der Waals surface area contributed by atoms with Gasteiger partial charge in [-0.15, -0.1) is 0 Å². The van der Waals surface area contributed by atoms with Crippen LogP contribution >= 0.6 is 23.2 Å². The van der Waals surface area contributed by atoms with Crippen LogP contribution in [0.2, 0.25) is 10.0 Å². The van der Waals surface area contributed by atoms with Crippen molar-refractivity contribution in [2.45, 2.75) is 44.3 Å². The van der Waals surface area contributed by atoms with Crippen molar-refractivity contribution in [1.29, 1.82) is 0 Å². The Hall–Kier alpha value is -3.52. The lowest BCUT2D eigenvalue weighted by Crippen LogP contribution is -2.31. The maximum atomic E-state index is 13.7. The summed E-state index contributed by atoms with van der Waals surface area (Å²) in [5.41, 5.74) is 2.50. The van der Waals surface area contributed by atoms with Crippen LogP contribution in [0.3, 0.4) is 0 Å². The molecule has 0 heterocycles. The molecule has 0 spiro atoms. The average Bonchev–Trinajstić information content (AvgIpc) is 2.99. The van der Waals surface area contributed by atoms with Crippen molar-refractivity contribution in [3.8, 4) is 5.75 Å². The van der Waals surface area contributed by atoms with E-state index in [2.05, 4.69) is 4.90 Å². The molecule has 1 N–H and O–H groups in total. The van der Waals surface area contributed by atoms with Crippen molar-refractivity contribution in [3.63, 3.8) is 0 Å². The highest BCUT2D eigenvalue weighted by Crippen LogP contribution is 2.37.